The van der Waals surface area contributed by atoms with Gasteiger partial charge in [-0.25, -0.2) is 0 Å². The molecule has 82 valence electrons. The van der Waals surface area contributed by atoms with E-state index >= 15 is 0 Å². The molecule has 0 aromatic carbocycles. The molecule has 4 N–H and O–H groups in total. The van der Waals surface area contributed by atoms with Gasteiger partial charge in [0.05, 0.1) is 5.69 Å². The lowest BCUT2D eigenvalue weighted by molar-refractivity contribution is 0.0958. The molecule has 0 spiro atoms. The summed E-state index contributed by atoms with van der Waals surface area (Å²) in [5.74, 6) is -0.164. The fraction of sp³-hybridized carbons (Fsp3) is 0.429. The van der Waals surface area contributed by atoms with Gasteiger partial charge in [0.15, 0.2) is 0 Å². The summed E-state index contributed by atoms with van der Waals surface area (Å²) in [6.45, 7) is 2.02. The van der Waals surface area contributed by atoms with E-state index in [1.54, 1.807) is 6.92 Å². The summed E-state index contributed by atoms with van der Waals surface area (Å²) in [7, 11) is 0. The van der Waals surface area contributed by atoms with Crippen LogP contribution in [0, 0.1) is 6.92 Å². The topological polar surface area (TPSA) is 113 Å². The van der Waals surface area contributed by atoms with Crippen LogP contribution in [0.4, 0.5) is 0 Å². The second-order valence-corrected chi connectivity index (χ2v) is 3.54. The average Bonchev–Trinajstić information content (AvgIpc) is 2.64. The summed E-state index contributed by atoms with van der Waals surface area (Å²) in [6.07, 6.45) is 0.299. The minimum atomic E-state index is -0.242. The van der Waals surface area contributed by atoms with Gasteiger partial charge >= 0.3 is 0 Å². The number of aryl methyl sites for hydroxylation is 1. The maximum Gasteiger partial charge on any atom is 0.264 e. The smallest absolute Gasteiger partial charge is 0.264 e. The molecule has 15 heavy (non-hydrogen) atoms. The van der Waals surface area contributed by atoms with E-state index in [4.69, 9.17) is 10.9 Å². The van der Waals surface area contributed by atoms with Crippen molar-refractivity contribution in [3.63, 3.8) is 0 Å². The summed E-state index contributed by atoms with van der Waals surface area (Å²) >= 11 is 1.04. The Morgan fingerprint density at radius 3 is 3.00 bits per heavy atom. The molecule has 7 nitrogen and oxygen atoms in total. The lowest BCUT2D eigenvalue weighted by Gasteiger charge is -2.01. The third-order valence-electron chi connectivity index (χ3n) is 1.65. The quantitative estimate of drug-likeness (QED) is 0.284. The summed E-state index contributed by atoms with van der Waals surface area (Å²) in [4.78, 5) is 12.0. The van der Waals surface area contributed by atoms with Crippen molar-refractivity contribution in [3.8, 4) is 0 Å². The predicted molar refractivity (Wildman–Crippen MR) is 55.0 cm³/mol. The predicted octanol–water partition coefficient (Wildman–Crippen LogP) is -0.287. The van der Waals surface area contributed by atoms with Crippen molar-refractivity contribution in [1.29, 1.82) is 0 Å². The van der Waals surface area contributed by atoms with E-state index in [2.05, 4.69) is 20.1 Å². The lowest BCUT2D eigenvalue weighted by atomic mass is 10.3. The van der Waals surface area contributed by atoms with Crippen LogP contribution in [0.15, 0.2) is 5.16 Å². The minimum absolute atomic E-state index is 0.0782. The summed E-state index contributed by atoms with van der Waals surface area (Å²) in [5, 5.41) is 17.4. The third kappa shape index (κ3) is 3.17. The van der Waals surface area contributed by atoms with Crippen LogP contribution >= 0.6 is 11.5 Å². The van der Waals surface area contributed by atoms with E-state index in [1.165, 1.54) is 0 Å². The Morgan fingerprint density at radius 1 is 1.73 bits per heavy atom. The van der Waals surface area contributed by atoms with E-state index < -0.39 is 0 Å². The Balaban J connectivity index is 2.41. The molecule has 0 saturated carbocycles. The number of nitrogens with zero attached hydrogens (tertiary/aromatic N) is 3. The number of aromatic nitrogens is 2. The number of hydrogen-bond acceptors (Lipinski definition) is 6. The van der Waals surface area contributed by atoms with Gasteiger partial charge < -0.3 is 16.3 Å². The first-order valence-electron chi connectivity index (χ1n) is 4.18. The molecule has 0 radical (unpaired) electrons. The first kappa shape index (κ1) is 11.4. The molecular weight excluding hydrogens is 218 g/mol. The van der Waals surface area contributed by atoms with Crippen molar-refractivity contribution in [2.75, 3.05) is 6.54 Å². The number of amidine groups is 1. The van der Waals surface area contributed by atoms with E-state index in [1.807, 2.05) is 0 Å². The molecule has 0 aliphatic rings. The van der Waals surface area contributed by atoms with Crippen LogP contribution in [0.1, 0.15) is 21.8 Å². The molecule has 1 rings (SSSR count). The summed E-state index contributed by atoms with van der Waals surface area (Å²) in [6, 6.07) is 0. The van der Waals surface area contributed by atoms with Crippen molar-refractivity contribution in [1.82, 2.24) is 14.9 Å². The summed E-state index contributed by atoms with van der Waals surface area (Å²) < 4.78 is 3.64. The van der Waals surface area contributed by atoms with Crippen LogP contribution in [0.3, 0.4) is 0 Å². The van der Waals surface area contributed by atoms with E-state index in [-0.39, 0.29) is 11.7 Å². The second kappa shape index (κ2) is 5.25. The highest BCUT2D eigenvalue weighted by atomic mass is 32.1. The molecule has 0 saturated heterocycles. The van der Waals surface area contributed by atoms with Crippen LogP contribution in [0.5, 0.6) is 0 Å². The number of nitrogens with two attached hydrogens (primary N) is 1. The number of rotatable bonds is 4. The Morgan fingerprint density at radius 2 is 2.47 bits per heavy atom. The minimum Gasteiger partial charge on any atom is -0.409 e. The molecule has 1 aromatic heterocycles. The monoisotopic (exact) mass is 229 g/mol. The van der Waals surface area contributed by atoms with Crippen molar-refractivity contribution < 1.29 is 10.0 Å². The van der Waals surface area contributed by atoms with Crippen molar-refractivity contribution in [2.45, 2.75) is 13.3 Å². The van der Waals surface area contributed by atoms with Gasteiger partial charge in [-0.3, -0.25) is 4.79 Å². The normalized spacial score (nSPS) is 11.4. The zero-order valence-corrected chi connectivity index (χ0v) is 8.91. The number of nitrogens with one attached hydrogen (secondary N) is 1. The van der Waals surface area contributed by atoms with Gasteiger partial charge in [0, 0.05) is 13.0 Å². The second-order valence-electron chi connectivity index (χ2n) is 2.78. The van der Waals surface area contributed by atoms with Crippen LogP contribution in [-0.2, 0) is 0 Å². The SMILES string of the molecule is Cc1nnsc1C(=O)NCCC(N)=NO. The first-order chi connectivity index (χ1) is 7.15. The van der Waals surface area contributed by atoms with Crippen LogP contribution in [0.2, 0.25) is 0 Å². The Kier molecular flexibility index (Phi) is 3.98. The summed E-state index contributed by atoms with van der Waals surface area (Å²) in [5.41, 5.74) is 5.83. The molecule has 0 fully saturated rings. The largest absolute Gasteiger partial charge is 0.409 e. The maximum absolute atomic E-state index is 11.5. The Labute approximate surface area is 90.1 Å². The fourth-order valence-electron chi connectivity index (χ4n) is 0.874. The van der Waals surface area contributed by atoms with E-state index in [9.17, 15) is 4.79 Å². The number of carbonyl (C=O) groups is 1. The average molecular weight is 229 g/mol. The number of amides is 1. The van der Waals surface area contributed by atoms with Gasteiger partial charge in [-0.15, -0.1) is 5.10 Å². The molecule has 1 heterocycles. The number of oxime groups is 1. The van der Waals surface area contributed by atoms with Gasteiger partial charge in [-0.1, -0.05) is 9.64 Å². The van der Waals surface area contributed by atoms with Crippen molar-refractivity contribution >= 4 is 23.3 Å². The molecule has 1 aromatic rings. The van der Waals surface area contributed by atoms with Gasteiger partial charge in [0.1, 0.15) is 10.7 Å². The van der Waals surface area contributed by atoms with E-state index in [0.29, 0.717) is 23.5 Å². The van der Waals surface area contributed by atoms with E-state index in [0.717, 1.165) is 11.5 Å². The molecule has 0 bridgehead atoms. The Hall–Kier alpha value is -1.70. The van der Waals surface area contributed by atoms with Gasteiger partial charge in [-0.05, 0) is 18.5 Å². The van der Waals surface area contributed by atoms with Crippen LogP contribution in [-0.4, -0.2) is 33.1 Å². The zero-order chi connectivity index (χ0) is 11.3. The maximum atomic E-state index is 11.5. The molecule has 0 atom stereocenters. The molecule has 0 aliphatic heterocycles. The highest BCUT2D eigenvalue weighted by Gasteiger charge is 2.12. The van der Waals surface area contributed by atoms with Gasteiger partial charge in [0.2, 0.25) is 0 Å². The Bertz CT molecular complexity index is 375. The van der Waals surface area contributed by atoms with Crippen LogP contribution in [0.25, 0.3) is 0 Å². The third-order valence-corrected chi connectivity index (χ3v) is 2.48. The molecular formula is C7H11N5O2S. The fourth-order valence-corrected chi connectivity index (χ4v) is 1.45. The van der Waals surface area contributed by atoms with Gasteiger partial charge in [-0.2, -0.15) is 0 Å². The van der Waals surface area contributed by atoms with Crippen LogP contribution < -0.4 is 11.1 Å². The van der Waals surface area contributed by atoms with Crippen molar-refractivity contribution in [2.24, 2.45) is 10.9 Å². The standard InChI is InChI=1S/C7H11N5O2S/c1-4-6(15-12-10-4)7(13)9-3-2-5(8)11-14/h14H,2-3H2,1H3,(H2,8,11)(H,9,13). The highest BCUT2D eigenvalue weighted by Crippen LogP contribution is 2.07. The number of carbonyl (C=O) groups excluding carboxylic acids is 1. The molecule has 0 aliphatic carbocycles. The molecule has 1 amide bonds. The van der Waals surface area contributed by atoms with Crippen molar-refractivity contribution in [3.05, 3.63) is 10.6 Å². The molecule has 0 unspecified atom stereocenters. The molecule has 8 heteroatoms. The highest BCUT2D eigenvalue weighted by molar-refractivity contribution is 7.07. The first-order valence-corrected chi connectivity index (χ1v) is 4.96. The number of hydrogen-bond donors (Lipinski definition) is 3. The lowest BCUT2D eigenvalue weighted by Crippen LogP contribution is -2.27. The zero-order valence-electron chi connectivity index (χ0n) is 8.10. The van der Waals surface area contributed by atoms with Gasteiger partial charge in [0.25, 0.3) is 5.91 Å².